The number of aromatic nitrogens is 2. The molecule has 0 spiro atoms. The molecule has 25 heavy (non-hydrogen) atoms. The second-order valence-corrected chi connectivity index (χ2v) is 5.01. The second-order valence-electron chi connectivity index (χ2n) is 5.01. The lowest BCUT2D eigenvalue weighted by molar-refractivity contribution is -0.141. The first-order valence-electron chi connectivity index (χ1n) is 6.97. The summed E-state index contributed by atoms with van der Waals surface area (Å²) in [5, 5.41) is 3.64. The number of ether oxygens (including phenoxy) is 1. The number of alkyl halides is 3. The summed E-state index contributed by atoms with van der Waals surface area (Å²) in [6, 6.07) is 13.2. The standard InChI is InChI=1S/C17H12F4N2O.H2S/c1-24-15-8-7-11(9-13(15)18)14-10-16(17(19,20)21)22-23(14)12-5-3-2-4-6-12;/h2-10H,1H3;1H2. The van der Waals surface area contributed by atoms with Crippen molar-refractivity contribution in [3.8, 4) is 22.7 Å². The maximum absolute atomic E-state index is 13.9. The van der Waals surface area contributed by atoms with E-state index in [1.54, 1.807) is 30.3 Å². The van der Waals surface area contributed by atoms with Gasteiger partial charge in [0.05, 0.1) is 18.5 Å². The zero-order valence-electron chi connectivity index (χ0n) is 13.0. The highest BCUT2D eigenvalue weighted by atomic mass is 32.1. The van der Waals surface area contributed by atoms with E-state index in [0.29, 0.717) is 5.69 Å². The van der Waals surface area contributed by atoms with Crippen LogP contribution in [0, 0.1) is 5.82 Å². The first kappa shape index (κ1) is 18.9. The molecule has 1 heterocycles. The second kappa shape index (κ2) is 7.18. The van der Waals surface area contributed by atoms with Gasteiger partial charge in [0.15, 0.2) is 17.3 Å². The molecule has 0 aliphatic heterocycles. The maximum Gasteiger partial charge on any atom is 0.435 e. The molecule has 0 saturated carbocycles. The molecule has 2 aromatic carbocycles. The Hall–Kier alpha value is -2.48. The lowest BCUT2D eigenvalue weighted by Gasteiger charge is -2.09. The van der Waals surface area contributed by atoms with Gasteiger partial charge in [-0.25, -0.2) is 9.07 Å². The van der Waals surface area contributed by atoms with Gasteiger partial charge in [-0.3, -0.25) is 0 Å². The number of hydrogen-bond donors (Lipinski definition) is 0. The fourth-order valence-electron chi connectivity index (χ4n) is 2.32. The molecule has 3 nitrogen and oxygen atoms in total. The number of benzene rings is 2. The van der Waals surface area contributed by atoms with E-state index in [0.717, 1.165) is 16.8 Å². The van der Waals surface area contributed by atoms with Crippen molar-refractivity contribution in [3.05, 3.63) is 66.1 Å². The number of methoxy groups -OCH3 is 1. The SMILES string of the molecule is COc1ccc(-c2cc(C(F)(F)F)nn2-c2ccccc2)cc1F.S. The summed E-state index contributed by atoms with van der Waals surface area (Å²) in [4.78, 5) is 0. The van der Waals surface area contributed by atoms with Crippen molar-refractivity contribution in [3.63, 3.8) is 0 Å². The number of para-hydroxylation sites is 1. The molecule has 0 fully saturated rings. The topological polar surface area (TPSA) is 27.1 Å². The summed E-state index contributed by atoms with van der Waals surface area (Å²) in [7, 11) is 1.31. The van der Waals surface area contributed by atoms with E-state index < -0.39 is 17.7 Å². The predicted octanol–water partition coefficient (Wildman–Crippen LogP) is 4.82. The molecule has 0 unspecified atom stereocenters. The van der Waals surface area contributed by atoms with Gasteiger partial charge in [0.2, 0.25) is 0 Å². The maximum atomic E-state index is 13.9. The van der Waals surface area contributed by atoms with E-state index in [4.69, 9.17) is 4.74 Å². The molecule has 0 bridgehead atoms. The van der Waals surface area contributed by atoms with Crippen LogP contribution in [0.4, 0.5) is 17.6 Å². The molecule has 3 aromatic rings. The van der Waals surface area contributed by atoms with Crippen LogP contribution in [-0.4, -0.2) is 16.9 Å². The monoisotopic (exact) mass is 370 g/mol. The molecule has 1 aromatic heterocycles. The Kier molecular flexibility index (Phi) is 5.42. The lowest BCUT2D eigenvalue weighted by Crippen LogP contribution is -2.07. The van der Waals surface area contributed by atoms with Crippen molar-refractivity contribution in [1.29, 1.82) is 0 Å². The number of halogens is 4. The lowest BCUT2D eigenvalue weighted by atomic mass is 10.1. The quantitative estimate of drug-likeness (QED) is 0.618. The van der Waals surface area contributed by atoms with E-state index in [9.17, 15) is 17.6 Å². The van der Waals surface area contributed by atoms with E-state index in [1.807, 2.05) is 0 Å². The van der Waals surface area contributed by atoms with Crippen LogP contribution in [0.2, 0.25) is 0 Å². The largest absolute Gasteiger partial charge is 0.494 e. The first-order valence-corrected chi connectivity index (χ1v) is 6.97. The Balaban J connectivity index is 0.00000225. The van der Waals surface area contributed by atoms with Gasteiger partial charge >= 0.3 is 6.18 Å². The molecule has 0 radical (unpaired) electrons. The molecule has 132 valence electrons. The van der Waals surface area contributed by atoms with Crippen molar-refractivity contribution >= 4 is 13.5 Å². The van der Waals surface area contributed by atoms with Crippen LogP contribution >= 0.6 is 13.5 Å². The molecule has 0 atom stereocenters. The van der Waals surface area contributed by atoms with E-state index in [1.165, 1.54) is 19.2 Å². The van der Waals surface area contributed by atoms with Gasteiger partial charge in [0, 0.05) is 5.56 Å². The summed E-state index contributed by atoms with van der Waals surface area (Å²) in [6.45, 7) is 0. The van der Waals surface area contributed by atoms with Crippen molar-refractivity contribution < 1.29 is 22.3 Å². The fourth-order valence-corrected chi connectivity index (χ4v) is 2.32. The highest BCUT2D eigenvalue weighted by molar-refractivity contribution is 7.59. The molecule has 0 aliphatic rings. The Morgan fingerprint density at radius 2 is 1.68 bits per heavy atom. The summed E-state index contributed by atoms with van der Waals surface area (Å²) < 4.78 is 59.0. The molecular weight excluding hydrogens is 356 g/mol. The summed E-state index contributed by atoms with van der Waals surface area (Å²) in [5.74, 6) is -0.648. The van der Waals surface area contributed by atoms with Crippen LogP contribution in [0.5, 0.6) is 5.75 Å². The van der Waals surface area contributed by atoms with Gasteiger partial charge in [-0.15, -0.1) is 0 Å². The Morgan fingerprint density at radius 1 is 1.00 bits per heavy atom. The third-order valence-electron chi connectivity index (χ3n) is 3.45. The van der Waals surface area contributed by atoms with Crippen molar-refractivity contribution in [2.45, 2.75) is 6.18 Å². The Morgan fingerprint density at radius 3 is 2.24 bits per heavy atom. The van der Waals surface area contributed by atoms with Crippen LogP contribution in [0.3, 0.4) is 0 Å². The van der Waals surface area contributed by atoms with E-state index in [2.05, 4.69) is 5.10 Å². The van der Waals surface area contributed by atoms with Gasteiger partial charge < -0.3 is 4.74 Å². The molecular formula is C17H14F4N2OS. The fraction of sp³-hybridized carbons (Fsp3) is 0.118. The molecule has 3 rings (SSSR count). The average molecular weight is 370 g/mol. The summed E-state index contributed by atoms with van der Waals surface area (Å²) >= 11 is 0. The number of rotatable bonds is 3. The molecule has 0 aliphatic carbocycles. The minimum absolute atomic E-state index is 0. The zero-order chi connectivity index (χ0) is 17.3. The minimum Gasteiger partial charge on any atom is -0.494 e. The van der Waals surface area contributed by atoms with Gasteiger partial charge in [-0.2, -0.15) is 31.8 Å². The third kappa shape index (κ3) is 3.79. The zero-order valence-corrected chi connectivity index (χ0v) is 14.0. The molecule has 0 amide bonds. The summed E-state index contributed by atoms with van der Waals surface area (Å²) in [6.07, 6.45) is -4.60. The Bertz CT molecular complexity index is 863. The highest BCUT2D eigenvalue weighted by Gasteiger charge is 2.35. The molecule has 0 saturated heterocycles. The van der Waals surface area contributed by atoms with E-state index in [-0.39, 0.29) is 30.5 Å². The number of nitrogens with zero attached hydrogens (tertiary/aromatic N) is 2. The van der Waals surface area contributed by atoms with Crippen molar-refractivity contribution in [2.24, 2.45) is 0 Å². The Labute approximate surface area is 148 Å². The normalized spacial score (nSPS) is 11.1. The number of hydrogen-bond acceptors (Lipinski definition) is 2. The van der Waals surface area contributed by atoms with Crippen LogP contribution in [-0.2, 0) is 6.18 Å². The van der Waals surface area contributed by atoms with Gasteiger partial charge in [0.1, 0.15) is 0 Å². The van der Waals surface area contributed by atoms with Crippen LogP contribution in [0.1, 0.15) is 5.69 Å². The highest BCUT2D eigenvalue weighted by Crippen LogP contribution is 2.34. The van der Waals surface area contributed by atoms with Gasteiger partial charge in [0.25, 0.3) is 0 Å². The average Bonchev–Trinajstić information content (AvgIpc) is 3.01. The van der Waals surface area contributed by atoms with Gasteiger partial charge in [-0.05, 0) is 36.4 Å². The molecule has 8 heteroatoms. The first-order chi connectivity index (χ1) is 11.4. The predicted molar refractivity (Wildman–Crippen MR) is 90.9 cm³/mol. The van der Waals surface area contributed by atoms with Crippen molar-refractivity contribution in [2.75, 3.05) is 7.11 Å². The van der Waals surface area contributed by atoms with E-state index >= 15 is 0 Å². The summed E-state index contributed by atoms with van der Waals surface area (Å²) in [5.41, 5.74) is -0.202. The van der Waals surface area contributed by atoms with Crippen LogP contribution in [0.25, 0.3) is 16.9 Å². The van der Waals surface area contributed by atoms with Crippen LogP contribution < -0.4 is 4.74 Å². The minimum atomic E-state index is -4.60. The molecule has 0 N–H and O–H groups in total. The van der Waals surface area contributed by atoms with Gasteiger partial charge in [-0.1, -0.05) is 18.2 Å². The van der Waals surface area contributed by atoms with Crippen molar-refractivity contribution in [1.82, 2.24) is 9.78 Å². The third-order valence-corrected chi connectivity index (χ3v) is 3.45. The van der Waals surface area contributed by atoms with Crippen LogP contribution in [0.15, 0.2) is 54.6 Å². The smallest absolute Gasteiger partial charge is 0.435 e.